The normalized spacial score (nSPS) is 17.0. The summed E-state index contributed by atoms with van der Waals surface area (Å²) in [6.45, 7) is 3.40. The number of anilines is 1. The highest BCUT2D eigenvalue weighted by Gasteiger charge is 2.40. The molecule has 9 nitrogen and oxygen atoms in total. The van der Waals surface area contributed by atoms with E-state index in [2.05, 4.69) is 14.9 Å². The Morgan fingerprint density at radius 3 is 2.54 bits per heavy atom. The highest BCUT2D eigenvalue weighted by Crippen LogP contribution is 2.33. The molecular weight excluding hydrogens is 492 g/mol. The van der Waals surface area contributed by atoms with Crippen LogP contribution < -0.4 is 14.4 Å². The van der Waals surface area contributed by atoms with Gasteiger partial charge in [-0.1, -0.05) is 29.4 Å². The monoisotopic (exact) mass is 522 g/mol. The van der Waals surface area contributed by atoms with Gasteiger partial charge in [-0.3, -0.25) is 4.79 Å². The summed E-state index contributed by atoms with van der Waals surface area (Å²) in [5, 5.41) is 0.850. The Kier molecular flexibility index (Phi) is 8.59. The minimum absolute atomic E-state index is 0.00366. The highest BCUT2D eigenvalue weighted by molar-refractivity contribution is 7.99. The third kappa shape index (κ3) is 6.49. The molecule has 0 saturated carbocycles. The summed E-state index contributed by atoms with van der Waals surface area (Å²) < 4.78 is 22.2. The van der Waals surface area contributed by atoms with Crippen molar-refractivity contribution in [3.63, 3.8) is 0 Å². The fraction of sp³-hybridized carbons (Fsp3) is 0.542. The highest BCUT2D eigenvalue weighted by atomic mass is 35.5. The molecule has 2 aliphatic rings. The number of benzene rings is 1. The van der Waals surface area contributed by atoms with Gasteiger partial charge < -0.3 is 28.7 Å². The number of carbonyl (C=O) groups excluding carboxylic acids is 1. The van der Waals surface area contributed by atoms with Crippen LogP contribution in [0.25, 0.3) is 0 Å². The predicted molar refractivity (Wildman–Crippen MR) is 135 cm³/mol. The Labute approximate surface area is 215 Å². The maximum Gasteiger partial charge on any atom is 0.232 e. The van der Waals surface area contributed by atoms with Crippen molar-refractivity contribution in [2.24, 2.45) is 0 Å². The largest absolute Gasteiger partial charge is 0.493 e. The average molecular weight is 523 g/mol. The van der Waals surface area contributed by atoms with Crippen molar-refractivity contribution in [2.45, 2.75) is 30.2 Å². The third-order valence-corrected chi connectivity index (χ3v) is 7.28. The topological polar surface area (TPSA) is 86.3 Å². The molecule has 35 heavy (non-hydrogen) atoms. The smallest absolute Gasteiger partial charge is 0.232 e. The van der Waals surface area contributed by atoms with E-state index in [0.29, 0.717) is 48.0 Å². The van der Waals surface area contributed by atoms with Crippen LogP contribution in [0.1, 0.15) is 18.4 Å². The maximum absolute atomic E-state index is 12.7. The summed E-state index contributed by atoms with van der Waals surface area (Å²) in [7, 11) is 5.01. The van der Waals surface area contributed by atoms with Gasteiger partial charge >= 0.3 is 0 Å². The van der Waals surface area contributed by atoms with Crippen LogP contribution in [-0.2, 0) is 20.7 Å². The molecule has 1 aromatic heterocycles. The van der Waals surface area contributed by atoms with Gasteiger partial charge in [-0.05, 0) is 24.1 Å². The van der Waals surface area contributed by atoms with Gasteiger partial charge in [-0.2, -0.15) is 0 Å². The average Bonchev–Trinajstić information content (AvgIpc) is 3.33. The number of hydrogen-bond donors (Lipinski definition) is 0. The Morgan fingerprint density at radius 2 is 1.86 bits per heavy atom. The summed E-state index contributed by atoms with van der Waals surface area (Å²) in [5.41, 5.74) is 1.06. The first-order chi connectivity index (χ1) is 16.9. The molecule has 0 N–H and O–H groups in total. The van der Waals surface area contributed by atoms with Crippen molar-refractivity contribution in [1.82, 2.24) is 14.9 Å². The summed E-state index contributed by atoms with van der Waals surface area (Å²) >= 11 is 7.57. The van der Waals surface area contributed by atoms with Gasteiger partial charge in [0.25, 0.3) is 0 Å². The molecule has 0 unspecified atom stereocenters. The fourth-order valence-corrected chi connectivity index (χ4v) is 5.19. The van der Waals surface area contributed by atoms with Gasteiger partial charge in [-0.25, -0.2) is 9.97 Å². The lowest BCUT2D eigenvalue weighted by Gasteiger charge is -2.38. The first kappa shape index (κ1) is 25.8. The number of likely N-dealkylation sites (N-methyl/N-ethyl adjacent to an activating group) is 1. The molecule has 1 amide bonds. The predicted octanol–water partition coefficient (Wildman–Crippen LogP) is 3.28. The van der Waals surface area contributed by atoms with Gasteiger partial charge in [0, 0.05) is 45.6 Å². The Bertz CT molecular complexity index is 1030. The van der Waals surface area contributed by atoms with Crippen LogP contribution in [0, 0.1) is 0 Å². The van der Waals surface area contributed by atoms with E-state index in [4.69, 9.17) is 30.5 Å². The van der Waals surface area contributed by atoms with Crippen molar-refractivity contribution >= 4 is 35.1 Å². The van der Waals surface area contributed by atoms with Gasteiger partial charge in [0.1, 0.15) is 11.0 Å². The minimum atomic E-state index is -0.446. The quantitative estimate of drug-likeness (QED) is 0.280. The number of aromatic nitrogens is 2. The zero-order chi connectivity index (χ0) is 24.8. The zero-order valence-electron chi connectivity index (χ0n) is 20.3. The number of hydrogen-bond acceptors (Lipinski definition) is 9. The molecule has 2 aromatic rings. The number of thioether (sulfide) groups is 1. The Morgan fingerprint density at radius 1 is 1.14 bits per heavy atom. The summed E-state index contributed by atoms with van der Waals surface area (Å²) in [6, 6.07) is 7.54. The van der Waals surface area contributed by atoms with Crippen LogP contribution in [0.3, 0.4) is 0 Å². The second-order valence-electron chi connectivity index (χ2n) is 8.47. The molecule has 4 rings (SSSR count). The lowest BCUT2D eigenvalue weighted by molar-refractivity contribution is -0.169. The molecule has 3 heterocycles. The first-order valence-electron chi connectivity index (χ1n) is 11.6. The molecule has 0 atom stereocenters. The van der Waals surface area contributed by atoms with Crippen LogP contribution in [0.4, 0.5) is 5.82 Å². The molecule has 2 saturated heterocycles. The first-order valence-corrected chi connectivity index (χ1v) is 12.9. The SMILES string of the molecule is COc1ccc(CCN(C)C(=O)CSc2nc(Cl)cc(N3CCC4(CC3)OCCO4)n2)cc1OC. The van der Waals surface area contributed by atoms with Gasteiger partial charge in [-0.15, -0.1) is 0 Å². The number of carbonyl (C=O) groups is 1. The van der Waals surface area contributed by atoms with Crippen molar-refractivity contribution in [3.05, 3.63) is 35.0 Å². The third-order valence-electron chi connectivity index (χ3n) is 6.26. The van der Waals surface area contributed by atoms with E-state index >= 15 is 0 Å². The maximum atomic E-state index is 12.7. The molecule has 2 fully saturated rings. The second-order valence-corrected chi connectivity index (χ2v) is 9.80. The molecule has 190 valence electrons. The molecule has 11 heteroatoms. The van der Waals surface area contributed by atoms with E-state index in [1.165, 1.54) is 11.8 Å². The number of piperidine rings is 1. The number of halogens is 1. The van der Waals surface area contributed by atoms with E-state index in [1.807, 2.05) is 18.2 Å². The number of methoxy groups -OCH3 is 2. The van der Waals surface area contributed by atoms with E-state index < -0.39 is 5.79 Å². The summed E-state index contributed by atoms with van der Waals surface area (Å²) in [4.78, 5) is 25.5. The van der Waals surface area contributed by atoms with E-state index in [1.54, 1.807) is 32.2 Å². The molecule has 2 aliphatic heterocycles. The lowest BCUT2D eigenvalue weighted by Crippen LogP contribution is -2.45. The molecule has 0 radical (unpaired) electrons. The van der Waals surface area contributed by atoms with E-state index in [0.717, 1.165) is 37.3 Å². The van der Waals surface area contributed by atoms with Crippen LogP contribution in [0.2, 0.25) is 5.15 Å². The van der Waals surface area contributed by atoms with Gasteiger partial charge in [0.15, 0.2) is 22.4 Å². The summed E-state index contributed by atoms with van der Waals surface area (Å²) in [5.74, 6) is 1.90. The molecule has 0 aliphatic carbocycles. The second kappa shape index (κ2) is 11.6. The zero-order valence-corrected chi connectivity index (χ0v) is 21.9. The molecular formula is C24H31ClN4O5S. The molecule has 1 aromatic carbocycles. The number of ether oxygens (including phenoxy) is 4. The van der Waals surface area contributed by atoms with Crippen LogP contribution in [0.15, 0.2) is 29.4 Å². The standard InChI is InChI=1S/C24H31ClN4O5S/c1-28(9-6-17-4-5-18(31-2)19(14-17)32-3)22(30)16-35-23-26-20(25)15-21(27-23)29-10-7-24(8-11-29)33-12-13-34-24/h4-5,14-15H,6-13,16H2,1-3H3. The molecule has 0 bridgehead atoms. The Balaban J connectivity index is 1.28. The number of rotatable bonds is 9. The fourth-order valence-electron chi connectivity index (χ4n) is 4.17. The van der Waals surface area contributed by atoms with Crippen molar-refractivity contribution in [1.29, 1.82) is 0 Å². The van der Waals surface area contributed by atoms with Gasteiger partial charge in [0.2, 0.25) is 5.91 Å². The molecule has 1 spiro atoms. The van der Waals surface area contributed by atoms with E-state index in [-0.39, 0.29) is 11.7 Å². The minimum Gasteiger partial charge on any atom is -0.493 e. The van der Waals surface area contributed by atoms with Gasteiger partial charge in [0.05, 0.1) is 33.2 Å². The van der Waals surface area contributed by atoms with E-state index in [9.17, 15) is 4.79 Å². The van der Waals surface area contributed by atoms with Crippen molar-refractivity contribution < 1.29 is 23.7 Å². The lowest BCUT2D eigenvalue weighted by atomic mass is 10.0. The van der Waals surface area contributed by atoms with Crippen LogP contribution in [-0.4, -0.2) is 86.4 Å². The van der Waals surface area contributed by atoms with Crippen LogP contribution >= 0.6 is 23.4 Å². The number of nitrogens with zero attached hydrogens (tertiary/aromatic N) is 4. The van der Waals surface area contributed by atoms with Crippen molar-refractivity contribution in [3.8, 4) is 11.5 Å². The number of amides is 1. The summed E-state index contributed by atoms with van der Waals surface area (Å²) in [6.07, 6.45) is 2.26. The van der Waals surface area contributed by atoms with Crippen molar-refractivity contribution in [2.75, 3.05) is 64.8 Å². The van der Waals surface area contributed by atoms with Crippen LogP contribution in [0.5, 0.6) is 11.5 Å². The Hall–Kier alpha value is -2.27.